The highest BCUT2D eigenvalue weighted by Crippen LogP contribution is 2.32. The van der Waals surface area contributed by atoms with Gasteiger partial charge in [-0.2, -0.15) is 13.2 Å². The number of alkyl halides is 3. The van der Waals surface area contributed by atoms with Gasteiger partial charge in [0.05, 0.1) is 18.1 Å². The van der Waals surface area contributed by atoms with Gasteiger partial charge in [0.1, 0.15) is 0 Å². The molecule has 1 N–H and O–H groups in total. The van der Waals surface area contributed by atoms with Crippen LogP contribution in [-0.4, -0.2) is 35.1 Å². The number of nitrogens with zero attached hydrogens (tertiary/aromatic N) is 1. The largest absolute Gasteiger partial charge is 0.416 e. The molecule has 1 heterocycles. The topological polar surface area (TPSA) is 40.5 Å². The number of benzene rings is 1. The SMILES string of the molecule is O=C(Cc1ccccc1C(F)(F)F)N1CC(O)C1. The molecule has 1 fully saturated rings. The summed E-state index contributed by atoms with van der Waals surface area (Å²) in [5.41, 5.74) is -0.809. The van der Waals surface area contributed by atoms with Crippen molar-refractivity contribution in [2.75, 3.05) is 13.1 Å². The first-order valence-corrected chi connectivity index (χ1v) is 5.49. The summed E-state index contributed by atoms with van der Waals surface area (Å²) in [6.45, 7) is 0.403. The van der Waals surface area contributed by atoms with Crippen LogP contribution in [0, 0.1) is 0 Å². The molecule has 1 saturated heterocycles. The number of likely N-dealkylation sites (tertiary alicyclic amines) is 1. The van der Waals surface area contributed by atoms with E-state index in [1.807, 2.05) is 0 Å². The fourth-order valence-electron chi connectivity index (χ4n) is 1.88. The molecule has 98 valence electrons. The molecule has 0 radical (unpaired) electrons. The number of hydrogen-bond donors (Lipinski definition) is 1. The third-order valence-corrected chi connectivity index (χ3v) is 2.88. The lowest BCUT2D eigenvalue weighted by Crippen LogP contribution is -2.54. The lowest BCUT2D eigenvalue weighted by atomic mass is 10.0. The quantitative estimate of drug-likeness (QED) is 0.873. The average molecular weight is 259 g/mol. The Morgan fingerprint density at radius 1 is 1.33 bits per heavy atom. The van der Waals surface area contributed by atoms with Crippen LogP contribution in [0.5, 0.6) is 0 Å². The number of halogens is 3. The molecule has 0 bridgehead atoms. The van der Waals surface area contributed by atoms with Crippen LogP contribution in [0.25, 0.3) is 0 Å². The number of aliphatic hydroxyl groups is 1. The zero-order chi connectivity index (χ0) is 13.3. The van der Waals surface area contributed by atoms with Crippen molar-refractivity contribution < 1.29 is 23.1 Å². The van der Waals surface area contributed by atoms with Crippen molar-refractivity contribution in [2.45, 2.75) is 18.7 Å². The zero-order valence-electron chi connectivity index (χ0n) is 9.44. The second-order valence-electron chi connectivity index (χ2n) is 4.28. The van der Waals surface area contributed by atoms with Gasteiger partial charge >= 0.3 is 6.18 Å². The minimum Gasteiger partial charge on any atom is -0.389 e. The molecule has 0 atom stereocenters. The minimum atomic E-state index is -4.45. The van der Waals surface area contributed by atoms with E-state index in [0.717, 1.165) is 6.07 Å². The summed E-state index contributed by atoms with van der Waals surface area (Å²) in [5, 5.41) is 9.04. The van der Waals surface area contributed by atoms with Crippen LogP contribution in [0.4, 0.5) is 13.2 Å². The Hall–Kier alpha value is -1.56. The predicted molar refractivity (Wildman–Crippen MR) is 57.7 cm³/mol. The van der Waals surface area contributed by atoms with Gasteiger partial charge < -0.3 is 10.0 Å². The van der Waals surface area contributed by atoms with Gasteiger partial charge in [-0.25, -0.2) is 0 Å². The molecule has 1 amide bonds. The number of β-amino-alcohol motifs (C(OH)–C–C–N with tert-alkyl or cyclic N) is 1. The van der Waals surface area contributed by atoms with Gasteiger partial charge in [-0.1, -0.05) is 18.2 Å². The molecule has 1 aromatic carbocycles. The molecule has 0 saturated carbocycles. The van der Waals surface area contributed by atoms with E-state index in [1.54, 1.807) is 0 Å². The van der Waals surface area contributed by atoms with E-state index in [2.05, 4.69) is 0 Å². The van der Waals surface area contributed by atoms with Crippen LogP contribution in [0.3, 0.4) is 0 Å². The number of amides is 1. The van der Waals surface area contributed by atoms with Crippen molar-refractivity contribution in [3.05, 3.63) is 35.4 Å². The lowest BCUT2D eigenvalue weighted by molar-refractivity contribution is -0.142. The maximum Gasteiger partial charge on any atom is 0.416 e. The van der Waals surface area contributed by atoms with Crippen molar-refractivity contribution >= 4 is 5.91 Å². The third-order valence-electron chi connectivity index (χ3n) is 2.88. The molecule has 0 unspecified atom stereocenters. The number of hydrogen-bond acceptors (Lipinski definition) is 2. The van der Waals surface area contributed by atoms with Gasteiger partial charge in [-0.3, -0.25) is 4.79 Å². The van der Waals surface area contributed by atoms with Crippen LogP contribution >= 0.6 is 0 Å². The Balaban J connectivity index is 2.12. The Kier molecular flexibility index (Phi) is 3.30. The van der Waals surface area contributed by atoms with Crippen LogP contribution in [0.2, 0.25) is 0 Å². The first-order chi connectivity index (χ1) is 8.38. The Morgan fingerprint density at radius 3 is 2.50 bits per heavy atom. The molecule has 1 aliphatic heterocycles. The van der Waals surface area contributed by atoms with E-state index in [1.165, 1.54) is 23.1 Å². The van der Waals surface area contributed by atoms with Crippen LogP contribution in [0.15, 0.2) is 24.3 Å². The zero-order valence-corrected chi connectivity index (χ0v) is 9.44. The molecule has 18 heavy (non-hydrogen) atoms. The predicted octanol–water partition coefficient (Wildman–Crippen LogP) is 1.45. The number of carbonyl (C=O) groups is 1. The van der Waals surface area contributed by atoms with Crippen LogP contribution in [-0.2, 0) is 17.4 Å². The number of rotatable bonds is 2. The van der Waals surface area contributed by atoms with E-state index < -0.39 is 23.8 Å². The highest BCUT2D eigenvalue weighted by atomic mass is 19.4. The Morgan fingerprint density at radius 2 is 1.94 bits per heavy atom. The Bertz CT molecular complexity index is 453. The molecular weight excluding hydrogens is 247 g/mol. The van der Waals surface area contributed by atoms with Gasteiger partial charge in [0.2, 0.25) is 5.91 Å². The molecule has 3 nitrogen and oxygen atoms in total. The van der Waals surface area contributed by atoms with Crippen molar-refractivity contribution in [3.63, 3.8) is 0 Å². The standard InChI is InChI=1S/C12H12F3NO2/c13-12(14,15)10-4-2-1-3-8(10)5-11(18)16-6-9(17)7-16/h1-4,9,17H,5-7H2. The van der Waals surface area contributed by atoms with Gasteiger partial charge in [-0.05, 0) is 11.6 Å². The summed E-state index contributed by atoms with van der Waals surface area (Å²) >= 11 is 0. The van der Waals surface area contributed by atoms with Crippen molar-refractivity contribution in [2.24, 2.45) is 0 Å². The molecule has 2 rings (SSSR count). The minimum absolute atomic E-state index is 0.0311. The van der Waals surface area contributed by atoms with Gasteiger partial charge in [0, 0.05) is 13.1 Å². The summed E-state index contributed by atoms with van der Waals surface area (Å²) in [4.78, 5) is 13.0. The van der Waals surface area contributed by atoms with Gasteiger partial charge in [-0.15, -0.1) is 0 Å². The highest BCUT2D eigenvalue weighted by Gasteiger charge is 2.35. The summed E-state index contributed by atoms with van der Waals surface area (Å²) in [6, 6.07) is 5.04. The Labute approximate surface area is 102 Å². The van der Waals surface area contributed by atoms with Crippen molar-refractivity contribution in [1.82, 2.24) is 4.90 Å². The monoisotopic (exact) mass is 259 g/mol. The molecule has 1 aliphatic rings. The van der Waals surface area contributed by atoms with E-state index in [0.29, 0.717) is 0 Å². The first-order valence-electron chi connectivity index (χ1n) is 5.49. The van der Waals surface area contributed by atoms with Crippen molar-refractivity contribution in [1.29, 1.82) is 0 Å². The van der Waals surface area contributed by atoms with E-state index in [9.17, 15) is 18.0 Å². The summed E-state index contributed by atoms with van der Waals surface area (Å²) in [7, 11) is 0. The normalized spacial score (nSPS) is 16.6. The van der Waals surface area contributed by atoms with Crippen LogP contribution in [0.1, 0.15) is 11.1 Å². The molecular formula is C12H12F3NO2. The lowest BCUT2D eigenvalue weighted by Gasteiger charge is -2.36. The fourth-order valence-corrected chi connectivity index (χ4v) is 1.88. The van der Waals surface area contributed by atoms with E-state index >= 15 is 0 Å². The second kappa shape index (κ2) is 4.61. The smallest absolute Gasteiger partial charge is 0.389 e. The second-order valence-corrected chi connectivity index (χ2v) is 4.28. The maximum atomic E-state index is 12.7. The summed E-state index contributed by atoms with van der Waals surface area (Å²) in [6.07, 6.45) is -5.29. The van der Waals surface area contributed by atoms with E-state index in [4.69, 9.17) is 5.11 Å². The summed E-state index contributed by atoms with van der Waals surface area (Å²) in [5.74, 6) is -0.392. The highest BCUT2D eigenvalue weighted by molar-refractivity contribution is 5.80. The van der Waals surface area contributed by atoms with Crippen molar-refractivity contribution in [3.8, 4) is 0 Å². The molecule has 6 heteroatoms. The van der Waals surface area contributed by atoms with E-state index in [-0.39, 0.29) is 25.1 Å². The average Bonchev–Trinajstić information content (AvgIpc) is 2.24. The fraction of sp³-hybridized carbons (Fsp3) is 0.417. The number of carbonyl (C=O) groups excluding carboxylic acids is 1. The third kappa shape index (κ3) is 2.64. The molecule has 0 aromatic heterocycles. The molecule has 0 aliphatic carbocycles. The van der Waals surface area contributed by atoms with Crippen LogP contribution < -0.4 is 0 Å². The summed E-state index contributed by atoms with van der Waals surface area (Å²) < 4.78 is 38.1. The number of aliphatic hydroxyl groups excluding tert-OH is 1. The maximum absolute atomic E-state index is 12.7. The van der Waals surface area contributed by atoms with Gasteiger partial charge in [0.25, 0.3) is 0 Å². The molecule has 0 spiro atoms. The first kappa shape index (κ1) is 12.9. The molecule has 1 aromatic rings. The van der Waals surface area contributed by atoms with Gasteiger partial charge in [0.15, 0.2) is 0 Å².